The van der Waals surface area contributed by atoms with Crippen LogP contribution in [0.15, 0.2) is 12.1 Å². The Morgan fingerprint density at radius 1 is 1.53 bits per heavy atom. The quantitative estimate of drug-likeness (QED) is 0.814. The highest BCUT2D eigenvalue weighted by molar-refractivity contribution is 7.99. The van der Waals surface area contributed by atoms with Crippen molar-refractivity contribution in [2.75, 3.05) is 7.05 Å². The van der Waals surface area contributed by atoms with Gasteiger partial charge in [-0.25, -0.2) is 4.39 Å². The zero-order valence-corrected chi connectivity index (χ0v) is 10.3. The summed E-state index contributed by atoms with van der Waals surface area (Å²) in [5, 5.41) is 4.03. The van der Waals surface area contributed by atoms with E-state index in [1.54, 1.807) is 11.8 Å². The van der Waals surface area contributed by atoms with Crippen molar-refractivity contribution in [1.29, 1.82) is 0 Å². The lowest BCUT2D eigenvalue weighted by Gasteiger charge is -2.31. The lowest BCUT2D eigenvalue weighted by atomic mass is 9.98. The van der Waals surface area contributed by atoms with Crippen LogP contribution in [0.25, 0.3) is 0 Å². The Kier molecular flexibility index (Phi) is 3.24. The van der Waals surface area contributed by atoms with E-state index in [2.05, 4.69) is 12.2 Å². The number of nitrogens with one attached hydrogen (secondary N) is 1. The molecule has 1 aliphatic heterocycles. The second-order valence-electron chi connectivity index (χ2n) is 3.71. The molecule has 2 atom stereocenters. The maximum absolute atomic E-state index is 13.3. The summed E-state index contributed by atoms with van der Waals surface area (Å²) in [6, 6.07) is 3.55. The van der Waals surface area contributed by atoms with Crippen molar-refractivity contribution in [3.63, 3.8) is 0 Å². The van der Waals surface area contributed by atoms with E-state index in [4.69, 9.17) is 11.6 Å². The van der Waals surface area contributed by atoms with Crippen LogP contribution in [0.2, 0.25) is 5.02 Å². The van der Waals surface area contributed by atoms with Crippen molar-refractivity contribution in [2.24, 2.45) is 0 Å². The van der Waals surface area contributed by atoms with Crippen LogP contribution in [-0.4, -0.2) is 12.3 Å². The topological polar surface area (TPSA) is 12.0 Å². The van der Waals surface area contributed by atoms with Gasteiger partial charge in [-0.2, -0.15) is 11.8 Å². The molecule has 1 N–H and O–H groups in total. The molecule has 0 radical (unpaired) electrons. The van der Waals surface area contributed by atoms with Crippen LogP contribution in [0.1, 0.15) is 24.1 Å². The van der Waals surface area contributed by atoms with E-state index >= 15 is 0 Å². The normalized spacial score (nSPS) is 25.1. The molecule has 0 amide bonds. The fraction of sp³-hybridized carbons (Fsp3) is 0.455. The molecule has 0 aliphatic carbocycles. The van der Waals surface area contributed by atoms with Crippen molar-refractivity contribution >= 4 is 23.4 Å². The van der Waals surface area contributed by atoms with E-state index in [1.165, 1.54) is 6.07 Å². The lowest BCUT2D eigenvalue weighted by Crippen LogP contribution is -2.29. The van der Waals surface area contributed by atoms with Crippen molar-refractivity contribution in [2.45, 2.75) is 24.0 Å². The first-order chi connectivity index (χ1) is 7.15. The minimum atomic E-state index is -0.319. The molecule has 0 aromatic heterocycles. The summed E-state index contributed by atoms with van der Waals surface area (Å²) >= 11 is 7.77. The van der Waals surface area contributed by atoms with Crippen molar-refractivity contribution in [3.8, 4) is 0 Å². The number of rotatable bonds is 1. The average molecular weight is 246 g/mol. The van der Waals surface area contributed by atoms with E-state index in [-0.39, 0.29) is 16.9 Å². The van der Waals surface area contributed by atoms with E-state index in [9.17, 15) is 4.39 Å². The highest BCUT2D eigenvalue weighted by Gasteiger charge is 2.28. The Bertz CT molecular complexity index is 383. The van der Waals surface area contributed by atoms with Gasteiger partial charge in [-0.15, -0.1) is 0 Å². The summed E-state index contributed by atoms with van der Waals surface area (Å²) < 4.78 is 13.3. The molecule has 0 saturated carbocycles. The van der Waals surface area contributed by atoms with E-state index in [0.717, 1.165) is 16.9 Å². The zero-order valence-electron chi connectivity index (χ0n) is 8.68. The number of thioether (sulfide) groups is 1. The number of hydrogen-bond acceptors (Lipinski definition) is 2. The molecule has 1 heterocycles. The Balaban J connectivity index is 2.51. The van der Waals surface area contributed by atoms with Crippen LogP contribution in [0.5, 0.6) is 0 Å². The van der Waals surface area contributed by atoms with Crippen molar-refractivity contribution in [3.05, 3.63) is 34.1 Å². The number of fused-ring (bicyclic) bond motifs is 1. The molecule has 1 aromatic rings. The SMILES string of the molecule is CNC1c2ccc(F)c(Cl)c2CSC1C. The molecule has 1 nitrogen and oxygen atoms in total. The maximum atomic E-state index is 13.3. The number of halogens is 2. The molecule has 4 heteroatoms. The molecule has 0 fully saturated rings. The second-order valence-corrected chi connectivity index (χ2v) is 5.46. The van der Waals surface area contributed by atoms with E-state index in [0.29, 0.717) is 5.25 Å². The molecule has 0 saturated heterocycles. The fourth-order valence-corrected chi connectivity index (χ4v) is 3.53. The smallest absolute Gasteiger partial charge is 0.142 e. The summed E-state index contributed by atoms with van der Waals surface area (Å²) in [6.45, 7) is 2.17. The monoisotopic (exact) mass is 245 g/mol. The molecular weight excluding hydrogens is 233 g/mol. The van der Waals surface area contributed by atoms with Gasteiger partial charge in [-0.1, -0.05) is 24.6 Å². The van der Waals surface area contributed by atoms with Crippen LogP contribution in [0, 0.1) is 5.82 Å². The standard InChI is InChI=1S/C11H13ClFNS/c1-6-11(14-2)7-3-4-9(13)10(12)8(7)5-15-6/h3-4,6,11,14H,5H2,1-2H3. The summed E-state index contributed by atoms with van der Waals surface area (Å²) in [6.07, 6.45) is 0. The van der Waals surface area contributed by atoms with Gasteiger partial charge in [0.15, 0.2) is 0 Å². The molecule has 0 spiro atoms. The van der Waals surface area contributed by atoms with Gasteiger partial charge in [0.1, 0.15) is 5.82 Å². The molecular formula is C11H13ClFNS. The Labute approximate surface area is 98.4 Å². The summed E-state index contributed by atoms with van der Waals surface area (Å²) in [5.74, 6) is 0.478. The van der Waals surface area contributed by atoms with Gasteiger partial charge in [-0.05, 0) is 24.2 Å². The predicted molar refractivity (Wildman–Crippen MR) is 64.0 cm³/mol. The van der Waals surface area contributed by atoms with Gasteiger partial charge in [-0.3, -0.25) is 0 Å². The van der Waals surface area contributed by atoms with Crippen molar-refractivity contribution in [1.82, 2.24) is 5.32 Å². The van der Waals surface area contributed by atoms with Gasteiger partial charge in [0.05, 0.1) is 5.02 Å². The molecule has 2 rings (SSSR count). The van der Waals surface area contributed by atoms with Gasteiger partial charge < -0.3 is 5.32 Å². The van der Waals surface area contributed by atoms with Gasteiger partial charge >= 0.3 is 0 Å². The van der Waals surface area contributed by atoms with Crippen LogP contribution < -0.4 is 5.32 Å². The minimum absolute atomic E-state index is 0.261. The first kappa shape index (κ1) is 11.2. The Hall–Kier alpha value is -0.250. The maximum Gasteiger partial charge on any atom is 0.142 e. The summed E-state index contributed by atoms with van der Waals surface area (Å²) in [4.78, 5) is 0. The van der Waals surface area contributed by atoms with E-state index in [1.807, 2.05) is 13.1 Å². The minimum Gasteiger partial charge on any atom is -0.312 e. The third-order valence-electron chi connectivity index (χ3n) is 2.84. The number of benzene rings is 1. The first-order valence-electron chi connectivity index (χ1n) is 4.90. The van der Waals surface area contributed by atoms with Crippen LogP contribution in [-0.2, 0) is 5.75 Å². The number of hydrogen-bond donors (Lipinski definition) is 1. The van der Waals surface area contributed by atoms with Gasteiger partial charge in [0.25, 0.3) is 0 Å². The van der Waals surface area contributed by atoms with Crippen LogP contribution in [0.3, 0.4) is 0 Å². The molecule has 15 heavy (non-hydrogen) atoms. The second kappa shape index (κ2) is 4.32. The molecule has 0 bridgehead atoms. The highest BCUT2D eigenvalue weighted by Crippen LogP contribution is 2.40. The van der Waals surface area contributed by atoms with Crippen LogP contribution >= 0.6 is 23.4 Å². The predicted octanol–water partition coefficient (Wildman–Crippen LogP) is 3.37. The Morgan fingerprint density at radius 3 is 2.93 bits per heavy atom. The zero-order chi connectivity index (χ0) is 11.0. The molecule has 1 aliphatic rings. The third-order valence-corrected chi connectivity index (χ3v) is 4.50. The largest absolute Gasteiger partial charge is 0.312 e. The Morgan fingerprint density at radius 2 is 2.27 bits per heavy atom. The molecule has 1 aromatic carbocycles. The van der Waals surface area contributed by atoms with Crippen LogP contribution in [0.4, 0.5) is 4.39 Å². The summed E-state index contributed by atoms with van der Waals surface area (Å²) in [5.41, 5.74) is 2.08. The van der Waals surface area contributed by atoms with Gasteiger partial charge in [0, 0.05) is 17.0 Å². The first-order valence-corrected chi connectivity index (χ1v) is 6.33. The molecule has 82 valence electrons. The van der Waals surface area contributed by atoms with E-state index < -0.39 is 0 Å². The molecule has 2 unspecified atom stereocenters. The summed E-state index contributed by atoms with van der Waals surface area (Å²) in [7, 11) is 1.92. The van der Waals surface area contributed by atoms with Gasteiger partial charge in [0.2, 0.25) is 0 Å². The van der Waals surface area contributed by atoms with Crippen molar-refractivity contribution < 1.29 is 4.39 Å². The lowest BCUT2D eigenvalue weighted by molar-refractivity contribution is 0.572. The fourth-order valence-electron chi connectivity index (χ4n) is 2.00. The highest BCUT2D eigenvalue weighted by atomic mass is 35.5. The average Bonchev–Trinajstić information content (AvgIpc) is 2.23. The third kappa shape index (κ3) is 1.88.